The zero-order valence-electron chi connectivity index (χ0n) is 11.9. The van der Waals surface area contributed by atoms with E-state index in [0.29, 0.717) is 17.7 Å². The first kappa shape index (κ1) is 17.5. The van der Waals surface area contributed by atoms with Crippen molar-refractivity contribution in [2.24, 2.45) is 10.2 Å². The van der Waals surface area contributed by atoms with Gasteiger partial charge in [0.2, 0.25) is 5.91 Å². The number of para-hydroxylation sites is 1. The minimum absolute atomic E-state index is 0.248. The number of nitrogens with one attached hydrogen (secondary N) is 1. The molecule has 2 N–H and O–H groups in total. The molecule has 0 radical (unpaired) electrons. The third kappa shape index (κ3) is 5.36. The molecule has 1 aliphatic heterocycles. The van der Waals surface area contributed by atoms with E-state index in [9.17, 15) is 9.59 Å². The molecule has 7 nitrogen and oxygen atoms in total. The molecule has 0 spiro atoms. The van der Waals surface area contributed by atoms with Gasteiger partial charge in [-0.2, -0.15) is 5.10 Å². The molecule has 1 aliphatic rings. The second-order valence-electron chi connectivity index (χ2n) is 4.42. The normalized spacial score (nSPS) is 19.3. The summed E-state index contributed by atoms with van der Waals surface area (Å²) in [6, 6.07) is 7.37. The van der Waals surface area contributed by atoms with Gasteiger partial charge in [0.05, 0.1) is 19.2 Å². The molecule has 1 heterocycles. The number of thioether (sulfide) groups is 1. The Bertz CT molecular complexity index is 651. The van der Waals surface area contributed by atoms with Crippen molar-refractivity contribution in [2.75, 3.05) is 11.9 Å². The first-order valence-corrected chi connectivity index (χ1v) is 8.68. The van der Waals surface area contributed by atoms with Crippen LogP contribution in [0.25, 0.3) is 0 Å². The highest BCUT2D eigenvalue weighted by molar-refractivity contribution is 9.09. The van der Waals surface area contributed by atoms with Crippen LogP contribution in [0.1, 0.15) is 12.0 Å². The van der Waals surface area contributed by atoms with E-state index in [0.717, 1.165) is 17.3 Å². The quantitative estimate of drug-likeness (QED) is 0.414. The van der Waals surface area contributed by atoms with E-state index in [4.69, 9.17) is 9.84 Å². The maximum absolute atomic E-state index is 11.6. The van der Waals surface area contributed by atoms with Gasteiger partial charge in [-0.05, 0) is 12.1 Å². The van der Waals surface area contributed by atoms with Gasteiger partial charge >= 0.3 is 5.97 Å². The molecule has 2 rings (SSSR count). The number of carboxylic acid groups (broad SMARTS) is 1. The molecule has 23 heavy (non-hydrogen) atoms. The molecule has 0 aliphatic carbocycles. The van der Waals surface area contributed by atoms with Crippen molar-refractivity contribution in [1.29, 1.82) is 0 Å². The van der Waals surface area contributed by atoms with Gasteiger partial charge in [-0.3, -0.25) is 9.59 Å². The van der Waals surface area contributed by atoms with Crippen LogP contribution in [0.3, 0.4) is 0 Å². The Morgan fingerprint density at radius 3 is 3.00 bits per heavy atom. The number of rotatable bonds is 7. The summed E-state index contributed by atoms with van der Waals surface area (Å²) in [4.78, 5) is 22.2. The zero-order chi connectivity index (χ0) is 16.7. The van der Waals surface area contributed by atoms with Gasteiger partial charge in [0.1, 0.15) is 11.0 Å². The van der Waals surface area contributed by atoms with Crippen molar-refractivity contribution < 1.29 is 19.4 Å². The SMILES string of the molecule is O=C(O)CC1SC(=NN=Cc2ccccc2OCCBr)NC1=O. The maximum atomic E-state index is 11.6. The van der Waals surface area contributed by atoms with Gasteiger partial charge in [0, 0.05) is 10.9 Å². The molecule has 1 saturated heterocycles. The number of amides is 1. The number of hydrogen-bond donors (Lipinski definition) is 2. The topological polar surface area (TPSA) is 100 Å². The number of hydrogen-bond acceptors (Lipinski definition) is 6. The summed E-state index contributed by atoms with van der Waals surface area (Å²) >= 11 is 4.35. The van der Waals surface area contributed by atoms with Crippen LogP contribution in [0.5, 0.6) is 5.75 Å². The molecular formula is C14H14BrN3O4S. The van der Waals surface area contributed by atoms with E-state index in [2.05, 4.69) is 31.4 Å². The Labute approximate surface area is 145 Å². The number of carbonyl (C=O) groups is 2. The molecule has 1 unspecified atom stereocenters. The highest BCUT2D eigenvalue weighted by atomic mass is 79.9. The number of nitrogens with zero attached hydrogens (tertiary/aromatic N) is 2. The van der Waals surface area contributed by atoms with Crippen molar-refractivity contribution in [3.05, 3.63) is 29.8 Å². The Balaban J connectivity index is 2.01. The summed E-state index contributed by atoms with van der Waals surface area (Å²) in [5.41, 5.74) is 0.759. The van der Waals surface area contributed by atoms with Gasteiger partial charge < -0.3 is 15.2 Å². The molecule has 122 valence electrons. The van der Waals surface area contributed by atoms with Crippen LogP contribution in [0.2, 0.25) is 0 Å². The van der Waals surface area contributed by atoms with Gasteiger partial charge in [-0.15, -0.1) is 5.10 Å². The van der Waals surface area contributed by atoms with Crippen molar-refractivity contribution >= 4 is 51.0 Å². The van der Waals surface area contributed by atoms with Crippen LogP contribution >= 0.6 is 27.7 Å². The number of halogens is 1. The Kier molecular flexibility index (Phi) is 6.60. The third-order valence-corrected chi connectivity index (χ3v) is 4.13. The lowest BCUT2D eigenvalue weighted by molar-refractivity contribution is -0.138. The van der Waals surface area contributed by atoms with Crippen LogP contribution in [0, 0.1) is 0 Å². The summed E-state index contributed by atoms with van der Waals surface area (Å²) in [6.45, 7) is 0.530. The highest BCUT2D eigenvalue weighted by Crippen LogP contribution is 2.22. The lowest BCUT2D eigenvalue weighted by atomic mass is 10.2. The highest BCUT2D eigenvalue weighted by Gasteiger charge is 2.32. The van der Waals surface area contributed by atoms with E-state index in [-0.39, 0.29) is 17.5 Å². The smallest absolute Gasteiger partial charge is 0.305 e. The largest absolute Gasteiger partial charge is 0.492 e. The van der Waals surface area contributed by atoms with Crippen molar-refractivity contribution in [1.82, 2.24) is 5.32 Å². The second-order valence-corrected chi connectivity index (χ2v) is 6.40. The lowest BCUT2D eigenvalue weighted by Crippen LogP contribution is -2.26. The predicted octanol–water partition coefficient (Wildman–Crippen LogP) is 1.86. The van der Waals surface area contributed by atoms with Crippen LogP contribution < -0.4 is 10.1 Å². The van der Waals surface area contributed by atoms with E-state index in [1.54, 1.807) is 0 Å². The maximum Gasteiger partial charge on any atom is 0.305 e. The van der Waals surface area contributed by atoms with Gasteiger partial charge in [-0.1, -0.05) is 39.8 Å². The average molecular weight is 400 g/mol. The van der Waals surface area contributed by atoms with E-state index in [1.807, 2.05) is 24.3 Å². The molecule has 1 atom stereocenters. The van der Waals surface area contributed by atoms with Crippen molar-refractivity contribution in [2.45, 2.75) is 11.7 Å². The fraction of sp³-hybridized carbons (Fsp3) is 0.286. The number of ether oxygens (including phenoxy) is 1. The number of amidine groups is 1. The first-order chi connectivity index (χ1) is 11.1. The number of aliphatic carboxylic acids is 1. The Morgan fingerprint density at radius 2 is 2.26 bits per heavy atom. The summed E-state index contributed by atoms with van der Waals surface area (Å²) in [7, 11) is 0. The van der Waals surface area contributed by atoms with Crippen molar-refractivity contribution in [3.8, 4) is 5.75 Å². The lowest BCUT2D eigenvalue weighted by Gasteiger charge is -2.06. The molecule has 1 aromatic carbocycles. The molecule has 1 aromatic rings. The molecular weight excluding hydrogens is 386 g/mol. The molecule has 0 bridgehead atoms. The predicted molar refractivity (Wildman–Crippen MR) is 92.5 cm³/mol. The second kappa shape index (κ2) is 8.68. The Morgan fingerprint density at radius 1 is 1.48 bits per heavy atom. The van der Waals surface area contributed by atoms with E-state index >= 15 is 0 Å². The number of alkyl halides is 1. The minimum Gasteiger partial charge on any atom is -0.492 e. The van der Waals surface area contributed by atoms with Crippen LogP contribution in [0.15, 0.2) is 34.5 Å². The zero-order valence-corrected chi connectivity index (χ0v) is 14.3. The van der Waals surface area contributed by atoms with Crippen LogP contribution in [-0.4, -0.2) is 45.6 Å². The number of benzene rings is 1. The fourth-order valence-corrected chi connectivity index (χ4v) is 2.83. The first-order valence-electron chi connectivity index (χ1n) is 6.68. The monoisotopic (exact) mass is 399 g/mol. The summed E-state index contributed by atoms with van der Waals surface area (Å²) in [6.07, 6.45) is 1.27. The molecule has 0 aromatic heterocycles. The van der Waals surface area contributed by atoms with Crippen molar-refractivity contribution in [3.63, 3.8) is 0 Å². The Hall–Kier alpha value is -1.87. The van der Waals surface area contributed by atoms with E-state index in [1.165, 1.54) is 6.21 Å². The van der Waals surface area contributed by atoms with Gasteiger partial charge in [0.25, 0.3) is 0 Å². The van der Waals surface area contributed by atoms with Crippen LogP contribution in [0.4, 0.5) is 0 Å². The van der Waals surface area contributed by atoms with Gasteiger partial charge in [0.15, 0.2) is 5.17 Å². The summed E-state index contributed by atoms with van der Waals surface area (Å²) in [5, 5.41) is 19.4. The van der Waals surface area contributed by atoms with E-state index < -0.39 is 11.2 Å². The third-order valence-electron chi connectivity index (χ3n) is 2.74. The molecule has 9 heteroatoms. The fourth-order valence-electron chi connectivity index (χ4n) is 1.76. The van der Waals surface area contributed by atoms with Crippen LogP contribution in [-0.2, 0) is 9.59 Å². The minimum atomic E-state index is -1.03. The summed E-state index contributed by atoms with van der Waals surface area (Å²) in [5.74, 6) is -0.713. The number of carboxylic acids is 1. The summed E-state index contributed by atoms with van der Waals surface area (Å²) < 4.78 is 5.56. The molecule has 1 amide bonds. The molecule has 1 fully saturated rings. The van der Waals surface area contributed by atoms with Gasteiger partial charge in [-0.25, -0.2) is 0 Å². The number of carbonyl (C=O) groups excluding carboxylic acids is 1. The molecule has 0 saturated carbocycles. The average Bonchev–Trinajstić information content (AvgIpc) is 2.85. The standard InChI is InChI=1S/C14H14BrN3O4S/c15-5-6-22-10-4-2-1-3-9(10)8-16-18-14-17-13(21)11(23-14)7-12(19)20/h1-4,8,11H,5-7H2,(H,19,20)(H,17,18,21).